The number of carbonyl (C=O) groups excluding carboxylic acids is 1. The van der Waals surface area contributed by atoms with Gasteiger partial charge in [0.05, 0.1) is 5.56 Å². The van der Waals surface area contributed by atoms with Crippen LogP contribution in [0.5, 0.6) is 5.75 Å². The maximum Gasteiger partial charge on any atom is 0.255 e. The monoisotopic (exact) mass is 306 g/mol. The van der Waals surface area contributed by atoms with Gasteiger partial charge < -0.3 is 15.3 Å². The Morgan fingerprint density at radius 2 is 2.09 bits per heavy atom. The largest absolute Gasteiger partial charge is 0.504 e. The van der Waals surface area contributed by atoms with Crippen LogP contribution >= 0.6 is 0 Å². The number of phenolic OH excluding ortho intramolecular Hbond substituents is 1. The Balaban J connectivity index is 1.50. The number of rotatable bonds is 4. The summed E-state index contributed by atoms with van der Waals surface area (Å²) in [5.74, 6) is -1.29. The summed E-state index contributed by atoms with van der Waals surface area (Å²) in [5, 5.41) is 12.4. The fraction of sp³-hybridized carbons (Fsp3) is 0.588. The van der Waals surface area contributed by atoms with E-state index >= 15 is 0 Å². The van der Waals surface area contributed by atoms with E-state index in [9.17, 15) is 14.3 Å². The summed E-state index contributed by atoms with van der Waals surface area (Å²) >= 11 is 0. The van der Waals surface area contributed by atoms with Crippen LogP contribution in [0.3, 0.4) is 0 Å². The zero-order valence-corrected chi connectivity index (χ0v) is 12.7. The van der Waals surface area contributed by atoms with Crippen molar-refractivity contribution in [1.82, 2.24) is 10.2 Å². The first-order valence-corrected chi connectivity index (χ1v) is 8.15. The van der Waals surface area contributed by atoms with E-state index in [2.05, 4.69) is 10.2 Å². The molecule has 0 aromatic heterocycles. The fourth-order valence-corrected chi connectivity index (χ4v) is 3.66. The summed E-state index contributed by atoms with van der Waals surface area (Å²) < 4.78 is 13.3. The zero-order chi connectivity index (χ0) is 15.5. The van der Waals surface area contributed by atoms with Gasteiger partial charge in [-0.3, -0.25) is 4.79 Å². The molecular formula is C17H23FN2O2. The first-order valence-electron chi connectivity index (χ1n) is 8.15. The SMILES string of the molecule is O=C(NC[C@H]1CCN(C2CCCC2)C1)c1cccc(F)c1O. The highest BCUT2D eigenvalue weighted by molar-refractivity contribution is 5.96. The summed E-state index contributed by atoms with van der Waals surface area (Å²) in [6.45, 7) is 2.72. The number of carbonyl (C=O) groups is 1. The molecule has 1 aliphatic heterocycles. The predicted molar refractivity (Wildman–Crippen MR) is 82.3 cm³/mol. The van der Waals surface area contributed by atoms with Crippen LogP contribution < -0.4 is 5.32 Å². The molecule has 22 heavy (non-hydrogen) atoms. The molecule has 1 atom stereocenters. The number of para-hydroxylation sites is 1. The number of amides is 1. The van der Waals surface area contributed by atoms with Gasteiger partial charge in [0.15, 0.2) is 11.6 Å². The molecule has 2 N–H and O–H groups in total. The van der Waals surface area contributed by atoms with Crippen LogP contribution in [0.1, 0.15) is 42.5 Å². The molecule has 2 aliphatic rings. The van der Waals surface area contributed by atoms with E-state index in [1.165, 1.54) is 37.8 Å². The van der Waals surface area contributed by atoms with Crippen molar-refractivity contribution < 1.29 is 14.3 Å². The number of benzene rings is 1. The van der Waals surface area contributed by atoms with Gasteiger partial charge in [0.25, 0.3) is 5.91 Å². The molecule has 5 heteroatoms. The molecule has 0 spiro atoms. The summed E-state index contributed by atoms with van der Waals surface area (Å²) in [6, 6.07) is 4.74. The highest BCUT2D eigenvalue weighted by Gasteiger charge is 2.30. The Morgan fingerprint density at radius 3 is 2.86 bits per heavy atom. The Bertz CT molecular complexity index is 543. The highest BCUT2D eigenvalue weighted by atomic mass is 19.1. The van der Waals surface area contributed by atoms with E-state index in [0.717, 1.165) is 31.6 Å². The lowest BCUT2D eigenvalue weighted by molar-refractivity contribution is 0.0943. The smallest absolute Gasteiger partial charge is 0.255 e. The topological polar surface area (TPSA) is 52.6 Å². The standard InChI is InChI=1S/C17H23FN2O2/c18-15-7-3-6-14(16(15)21)17(22)19-10-12-8-9-20(11-12)13-4-1-2-5-13/h3,6-7,12-13,21H,1-2,4-5,8-11H2,(H,19,22)/t12-/m1/s1. The van der Waals surface area contributed by atoms with E-state index in [4.69, 9.17) is 0 Å². The molecule has 0 unspecified atom stereocenters. The second-order valence-corrected chi connectivity index (χ2v) is 6.43. The fourth-order valence-electron chi connectivity index (χ4n) is 3.66. The van der Waals surface area contributed by atoms with Crippen molar-refractivity contribution in [3.05, 3.63) is 29.6 Å². The number of aromatic hydroxyl groups is 1. The minimum Gasteiger partial charge on any atom is -0.504 e. The lowest BCUT2D eigenvalue weighted by Crippen LogP contribution is -2.34. The van der Waals surface area contributed by atoms with Crippen LogP contribution in [0, 0.1) is 11.7 Å². The molecule has 1 heterocycles. The van der Waals surface area contributed by atoms with Gasteiger partial charge in [-0.2, -0.15) is 0 Å². The van der Waals surface area contributed by atoms with Gasteiger partial charge in [-0.05, 0) is 43.9 Å². The van der Waals surface area contributed by atoms with E-state index in [0.29, 0.717) is 12.5 Å². The molecule has 1 saturated carbocycles. The van der Waals surface area contributed by atoms with Crippen LogP contribution in [-0.4, -0.2) is 41.6 Å². The third kappa shape index (κ3) is 3.24. The second kappa shape index (κ2) is 6.65. The van der Waals surface area contributed by atoms with Crippen molar-refractivity contribution in [1.29, 1.82) is 0 Å². The van der Waals surface area contributed by atoms with Crippen molar-refractivity contribution in [2.24, 2.45) is 5.92 Å². The van der Waals surface area contributed by atoms with Crippen LogP contribution in [0.2, 0.25) is 0 Å². The van der Waals surface area contributed by atoms with Gasteiger partial charge in [0.1, 0.15) is 0 Å². The number of nitrogens with zero attached hydrogens (tertiary/aromatic N) is 1. The minimum atomic E-state index is -0.763. The van der Waals surface area contributed by atoms with Gasteiger partial charge in [0, 0.05) is 19.1 Å². The lowest BCUT2D eigenvalue weighted by atomic mass is 10.1. The van der Waals surface area contributed by atoms with Gasteiger partial charge in [-0.25, -0.2) is 4.39 Å². The predicted octanol–water partition coefficient (Wildman–Crippen LogP) is 2.53. The number of phenols is 1. The van der Waals surface area contributed by atoms with Crippen LogP contribution in [-0.2, 0) is 0 Å². The number of halogens is 1. The third-order valence-electron chi connectivity index (χ3n) is 4.94. The number of likely N-dealkylation sites (tertiary alicyclic amines) is 1. The maximum absolute atomic E-state index is 13.3. The lowest BCUT2D eigenvalue weighted by Gasteiger charge is -2.23. The number of hydrogen-bond acceptors (Lipinski definition) is 3. The van der Waals surface area contributed by atoms with E-state index in [-0.39, 0.29) is 5.56 Å². The molecule has 0 bridgehead atoms. The molecule has 1 saturated heterocycles. The van der Waals surface area contributed by atoms with Crippen molar-refractivity contribution in [3.8, 4) is 5.75 Å². The molecule has 3 rings (SSSR count). The second-order valence-electron chi connectivity index (χ2n) is 6.43. The Hall–Kier alpha value is -1.62. The number of hydrogen-bond donors (Lipinski definition) is 2. The van der Waals surface area contributed by atoms with Crippen molar-refractivity contribution in [3.63, 3.8) is 0 Å². The van der Waals surface area contributed by atoms with Gasteiger partial charge in [-0.1, -0.05) is 18.9 Å². The quantitative estimate of drug-likeness (QED) is 0.899. The normalized spacial score (nSPS) is 23.0. The van der Waals surface area contributed by atoms with Crippen LogP contribution in [0.4, 0.5) is 4.39 Å². The summed E-state index contributed by atoms with van der Waals surface area (Å²) in [5.41, 5.74) is 0.00523. The van der Waals surface area contributed by atoms with E-state index in [1.807, 2.05) is 0 Å². The molecule has 1 aromatic carbocycles. The molecule has 0 radical (unpaired) electrons. The average molecular weight is 306 g/mol. The van der Waals surface area contributed by atoms with Gasteiger partial charge >= 0.3 is 0 Å². The molecule has 1 amide bonds. The Labute approximate surface area is 130 Å². The molecule has 1 aliphatic carbocycles. The van der Waals surface area contributed by atoms with Gasteiger partial charge in [-0.15, -0.1) is 0 Å². The van der Waals surface area contributed by atoms with E-state index < -0.39 is 17.5 Å². The summed E-state index contributed by atoms with van der Waals surface area (Å²) in [4.78, 5) is 14.6. The molecular weight excluding hydrogens is 283 g/mol. The summed E-state index contributed by atoms with van der Waals surface area (Å²) in [6.07, 6.45) is 6.36. The average Bonchev–Trinajstić information content (AvgIpc) is 3.18. The molecule has 1 aromatic rings. The number of nitrogens with one attached hydrogen (secondary N) is 1. The third-order valence-corrected chi connectivity index (χ3v) is 4.94. The summed E-state index contributed by atoms with van der Waals surface area (Å²) in [7, 11) is 0. The minimum absolute atomic E-state index is 0.00523. The van der Waals surface area contributed by atoms with E-state index in [1.54, 1.807) is 0 Å². The first-order chi connectivity index (χ1) is 10.6. The Morgan fingerprint density at radius 1 is 1.32 bits per heavy atom. The Kier molecular flexibility index (Phi) is 4.62. The van der Waals surface area contributed by atoms with Crippen molar-refractivity contribution in [2.75, 3.05) is 19.6 Å². The molecule has 120 valence electrons. The van der Waals surface area contributed by atoms with Gasteiger partial charge in [0.2, 0.25) is 0 Å². The highest BCUT2D eigenvalue weighted by Crippen LogP contribution is 2.28. The zero-order valence-electron chi connectivity index (χ0n) is 12.7. The molecule has 4 nitrogen and oxygen atoms in total. The molecule has 2 fully saturated rings. The van der Waals surface area contributed by atoms with Crippen molar-refractivity contribution >= 4 is 5.91 Å². The van der Waals surface area contributed by atoms with Crippen molar-refractivity contribution in [2.45, 2.75) is 38.1 Å². The van der Waals surface area contributed by atoms with Crippen LogP contribution in [0.25, 0.3) is 0 Å². The first kappa shape index (κ1) is 15.3. The van der Waals surface area contributed by atoms with Crippen LogP contribution in [0.15, 0.2) is 18.2 Å². The maximum atomic E-state index is 13.3.